The molecule has 1 amide bonds. The monoisotopic (exact) mass is 596 g/mol. The van der Waals surface area contributed by atoms with Crippen molar-refractivity contribution in [3.63, 3.8) is 0 Å². The van der Waals surface area contributed by atoms with Crippen molar-refractivity contribution in [1.82, 2.24) is 19.4 Å². The number of aromatic nitrogens is 3. The van der Waals surface area contributed by atoms with Gasteiger partial charge in [0.2, 0.25) is 0 Å². The van der Waals surface area contributed by atoms with Crippen LogP contribution in [0.5, 0.6) is 0 Å². The molecule has 7 rings (SSSR count). The number of rotatable bonds is 6. The standard InChI is InChI=1S/C34H37FN6O3/c1-39-12-10-22(11-13-39)21-6-8-25(9-7-21)37-32-33(43)36-19-28(38-32)26-17-24(35)18-30(27(26)20-42)41-15-14-40-29-5-3-2-4-23(29)16-31(40)34(41)44/h6-9,16-19,22,42H,2-5,10-15,20H2,1H3,(H,36,43)(H,37,38). The van der Waals surface area contributed by atoms with Crippen molar-refractivity contribution >= 4 is 23.1 Å². The highest BCUT2D eigenvalue weighted by Crippen LogP contribution is 2.36. The summed E-state index contributed by atoms with van der Waals surface area (Å²) in [4.78, 5) is 37.6. The maximum Gasteiger partial charge on any atom is 0.291 e. The van der Waals surface area contributed by atoms with Crippen molar-refractivity contribution in [2.75, 3.05) is 36.9 Å². The Labute approximate surface area is 255 Å². The van der Waals surface area contributed by atoms with Gasteiger partial charge in [-0.05, 0) is 106 Å². The molecule has 0 unspecified atom stereocenters. The van der Waals surface area contributed by atoms with Crippen LogP contribution in [0.4, 0.5) is 21.6 Å². The lowest BCUT2D eigenvalue weighted by atomic mass is 9.89. The van der Waals surface area contributed by atoms with Gasteiger partial charge in [0.05, 0.1) is 18.0 Å². The quantitative estimate of drug-likeness (QED) is 0.291. The van der Waals surface area contributed by atoms with Crippen LogP contribution in [0.1, 0.15) is 64.5 Å². The van der Waals surface area contributed by atoms with E-state index in [1.54, 1.807) is 4.90 Å². The molecule has 3 aliphatic rings. The number of carbonyl (C=O) groups is 1. The predicted molar refractivity (Wildman–Crippen MR) is 168 cm³/mol. The van der Waals surface area contributed by atoms with Gasteiger partial charge in [-0.25, -0.2) is 9.37 Å². The van der Waals surface area contributed by atoms with Gasteiger partial charge in [-0.3, -0.25) is 9.59 Å². The first-order chi connectivity index (χ1) is 21.4. The highest BCUT2D eigenvalue weighted by molar-refractivity contribution is 6.07. The molecule has 2 aliphatic heterocycles. The SMILES string of the molecule is CN1CCC(c2ccc(Nc3nc(-c4cc(F)cc(N5CCn6c(cc7c6CCCC7)C5=O)c4CO)c[nH]c3=O)cc2)CC1. The fourth-order valence-corrected chi connectivity index (χ4v) is 7.07. The van der Waals surface area contributed by atoms with Gasteiger partial charge < -0.3 is 29.8 Å². The van der Waals surface area contributed by atoms with E-state index in [2.05, 4.69) is 43.9 Å². The Morgan fingerprint density at radius 1 is 1.02 bits per heavy atom. The van der Waals surface area contributed by atoms with Crippen LogP contribution in [-0.2, 0) is 26.0 Å². The Balaban J connectivity index is 1.18. The van der Waals surface area contributed by atoms with E-state index in [0.717, 1.165) is 51.6 Å². The molecular formula is C34H37FN6O3. The molecule has 2 aromatic heterocycles. The van der Waals surface area contributed by atoms with Crippen molar-refractivity contribution < 1.29 is 14.3 Å². The number of H-pyrrole nitrogens is 1. The molecule has 0 spiro atoms. The van der Waals surface area contributed by atoms with Gasteiger partial charge in [0.1, 0.15) is 11.5 Å². The Kier molecular flexibility index (Phi) is 7.55. The number of amides is 1. The molecule has 0 saturated carbocycles. The molecular weight excluding hydrogens is 559 g/mol. The second kappa shape index (κ2) is 11.7. The van der Waals surface area contributed by atoms with Crippen molar-refractivity contribution in [3.8, 4) is 11.3 Å². The number of piperidine rings is 1. The molecule has 2 aromatic carbocycles. The lowest BCUT2D eigenvalue weighted by molar-refractivity contribution is 0.0964. The molecule has 9 nitrogen and oxygen atoms in total. The number of aryl methyl sites for hydroxylation is 1. The van der Waals surface area contributed by atoms with Crippen LogP contribution in [0, 0.1) is 5.82 Å². The molecule has 1 saturated heterocycles. The van der Waals surface area contributed by atoms with Crippen LogP contribution in [0.15, 0.2) is 53.5 Å². The first kappa shape index (κ1) is 28.5. The van der Waals surface area contributed by atoms with E-state index >= 15 is 4.39 Å². The van der Waals surface area contributed by atoms with Gasteiger partial charge in [-0.15, -0.1) is 0 Å². The van der Waals surface area contributed by atoms with Crippen LogP contribution >= 0.6 is 0 Å². The minimum absolute atomic E-state index is 0.0571. The Bertz CT molecular complexity index is 1770. The third-order valence-electron chi connectivity index (χ3n) is 9.49. The number of aromatic amines is 1. The van der Waals surface area contributed by atoms with E-state index in [1.807, 2.05) is 18.2 Å². The Morgan fingerprint density at radius 2 is 1.80 bits per heavy atom. The van der Waals surface area contributed by atoms with Crippen LogP contribution in [0.2, 0.25) is 0 Å². The summed E-state index contributed by atoms with van der Waals surface area (Å²) < 4.78 is 17.3. The van der Waals surface area contributed by atoms with Crippen molar-refractivity contribution in [3.05, 3.63) is 92.9 Å². The fourth-order valence-electron chi connectivity index (χ4n) is 7.07. The number of hydrogen-bond acceptors (Lipinski definition) is 6. The number of carbonyl (C=O) groups excluding carboxylic acids is 1. The van der Waals surface area contributed by atoms with E-state index in [9.17, 15) is 14.7 Å². The van der Waals surface area contributed by atoms with Gasteiger partial charge in [0.25, 0.3) is 11.5 Å². The van der Waals surface area contributed by atoms with Gasteiger partial charge in [-0.1, -0.05) is 12.1 Å². The molecule has 0 atom stereocenters. The van der Waals surface area contributed by atoms with E-state index in [1.165, 1.54) is 35.2 Å². The van der Waals surface area contributed by atoms with Crippen LogP contribution < -0.4 is 15.8 Å². The molecule has 3 N–H and O–H groups in total. The number of anilines is 3. The second-order valence-electron chi connectivity index (χ2n) is 12.2. The number of benzene rings is 2. The Hall–Kier alpha value is -4.28. The lowest BCUT2D eigenvalue weighted by Gasteiger charge is -2.31. The summed E-state index contributed by atoms with van der Waals surface area (Å²) in [7, 11) is 2.15. The zero-order valence-electron chi connectivity index (χ0n) is 24.9. The molecule has 0 bridgehead atoms. The predicted octanol–water partition coefficient (Wildman–Crippen LogP) is 4.96. The van der Waals surface area contributed by atoms with Crippen LogP contribution in [0.25, 0.3) is 11.3 Å². The average Bonchev–Trinajstić information content (AvgIpc) is 3.42. The first-order valence-corrected chi connectivity index (χ1v) is 15.5. The van der Waals surface area contributed by atoms with Crippen molar-refractivity contribution in [1.29, 1.82) is 0 Å². The minimum atomic E-state index is -0.563. The van der Waals surface area contributed by atoms with Gasteiger partial charge in [0.15, 0.2) is 5.82 Å². The highest BCUT2D eigenvalue weighted by Gasteiger charge is 2.32. The zero-order valence-corrected chi connectivity index (χ0v) is 24.9. The third-order valence-corrected chi connectivity index (χ3v) is 9.49. The van der Waals surface area contributed by atoms with Crippen LogP contribution in [-0.4, -0.2) is 57.1 Å². The molecule has 44 heavy (non-hydrogen) atoms. The first-order valence-electron chi connectivity index (χ1n) is 15.5. The van der Waals surface area contributed by atoms with Gasteiger partial charge in [-0.2, -0.15) is 0 Å². The largest absolute Gasteiger partial charge is 0.392 e. The fraction of sp³-hybridized carbons (Fsp3) is 0.382. The number of aliphatic hydroxyl groups excluding tert-OH is 1. The topological polar surface area (TPSA) is 106 Å². The smallest absolute Gasteiger partial charge is 0.291 e. The summed E-state index contributed by atoms with van der Waals surface area (Å²) in [6, 6.07) is 12.6. The molecule has 10 heteroatoms. The molecule has 1 aliphatic carbocycles. The van der Waals surface area contributed by atoms with E-state index < -0.39 is 18.0 Å². The number of nitrogens with zero attached hydrogens (tertiary/aromatic N) is 4. The number of likely N-dealkylation sites (tertiary alicyclic amines) is 1. The molecule has 4 aromatic rings. The number of fused-ring (bicyclic) bond motifs is 3. The summed E-state index contributed by atoms with van der Waals surface area (Å²) >= 11 is 0. The van der Waals surface area contributed by atoms with E-state index in [0.29, 0.717) is 47.2 Å². The average molecular weight is 597 g/mol. The Morgan fingerprint density at radius 3 is 2.57 bits per heavy atom. The van der Waals surface area contributed by atoms with Crippen molar-refractivity contribution in [2.24, 2.45) is 0 Å². The molecule has 1 fully saturated rings. The molecule has 4 heterocycles. The molecule has 0 radical (unpaired) electrons. The summed E-state index contributed by atoms with van der Waals surface area (Å²) in [5.41, 5.74) is 5.90. The number of aliphatic hydroxyl groups is 1. The summed E-state index contributed by atoms with van der Waals surface area (Å²) in [6.45, 7) is 2.69. The number of halogens is 1. The van der Waals surface area contributed by atoms with Gasteiger partial charge in [0, 0.05) is 41.8 Å². The van der Waals surface area contributed by atoms with Gasteiger partial charge >= 0.3 is 0 Å². The zero-order chi connectivity index (χ0) is 30.4. The normalized spacial score (nSPS) is 17.4. The minimum Gasteiger partial charge on any atom is -0.392 e. The third kappa shape index (κ3) is 5.22. The maximum atomic E-state index is 15.2. The summed E-state index contributed by atoms with van der Waals surface area (Å²) in [6.07, 6.45) is 7.80. The second-order valence-corrected chi connectivity index (χ2v) is 12.2. The maximum absolute atomic E-state index is 15.2. The summed E-state index contributed by atoms with van der Waals surface area (Å²) in [5.74, 6) is -0.197. The number of hydrogen-bond donors (Lipinski definition) is 3. The van der Waals surface area contributed by atoms with Crippen LogP contribution in [0.3, 0.4) is 0 Å². The molecule has 228 valence electrons. The highest BCUT2D eigenvalue weighted by atomic mass is 19.1. The lowest BCUT2D eigenvalue weighted by Crippen LogP contribution is -2.41. The number of nitrogens with one attached hydrogen (secondary N) is 2. The van der Waals surface area contributed by atoms with E-state index in [-0.39, 0.29) is 17.4 Å². The summed E-state index contributed by atoms with van der Waals surface area (Å²) in [5, 5.41) is 13.6. The van der Waals surface area contributed by atoms with Crippen molar-refractivity contribution in [2.45, 2.75) is 57.6 Å². The van der Waals surface area contributed by atoms with E-state index in [4.69, 9.17) is 0 Å².